The first-order valence-corrected chi connectivity index (χ1v) is 6.35. The summed E-state index contributed by atoms with van der Waals surface area (Å²) < 4.78 is 0. The molecule has 0 aliphatic rings. The van der Waals surface area contributed by atoms with Crippen molar-refractivity contribution in [3.05, 3.63) is 29.6 Å². The third kappa shape index (κ3) is 4.19. The molecule has 0 radical (unpaired) electrons. The average molecular weight is 251 g/mol. The zero-order chi connectivity index (χ0) is 12.8. The highest BCUT2D eigenvalue weighted by Gasteiger charge is 2.07. The van der Waals surface area contributed by atoms with Crippen molar-refractivity contribution in [2.24, 2.45) is 0 Å². The zero-order valence-corrected chi connectivity index (χ0v) is 11.2. The lowest BCUT2D eigenvalue weighted by molar-refractivity contribution is -0.118. The number of carbonyl (C=O) groups excluding carboxylic acids is 1. The third-order valence-corrected chi connectivity index (χ3v) is 3.24. The van der Waals surface area contributed by atoms with E-state index in [-0.39, 0.29) is 5.91 Å². The maximum Gasteiger partial charge on any atom is 0.230 e. The van der Waals surface area contributed by atoms with Crippen molar-refractivity contribution < 1.29 is 4.79 Å². The number of nitrogens with one attached hydrogen (secondary N) is 1. The molecule has 1 heterocycles. The fourth-order valence-electron chi connectivity index (χ4n) is 1.17. The summed E-state index contributed by atoms with van der Waals surface area (Å²) in [6.45, 7) is 9.93. The topological polar surface area (TPSA) is 54.9 Å². The number of amides is 1. The zero-order valence-electron chi connectivity index (χ0n) is 10.4. The minimum atomic E-state index is -0.0330. The fraction of sp³-hybridized carbons (Fsp3) is 0.417. The molecule has 0 spiro atoms. The summed E-state index contributed by atoms with van der Waals surface area (Å²) in [6, 6.07) is 0. The van der Waals surface area contributed by atoms with Crippen LogP contribution in [0.1, 0.15) is 17.0 Å². The van der Waals surface area contributed by atoms with E-state index in [0.717, 1.165) is 17.0 Å². The van der Waals surface area contributed by atoms with Crippen LogP contribution in [0, 0.1) is 20.8 Å². The van der Waals surface area contributed by atoms with Gasteiger partial charge in [0.05, 0.1) is 5.75 Å². The van der Waals surface area contributed by atoms with Crippen molar-refractivity contribution in [3.63, 3.8) is 0 Å². The molecule has 1 aromatic rings. The van der Waals surface area contributed by atoms with E-state index >= 15 is 0 Å². The number of aromatic nitrogens is 2. The molecule has 5 heteroatoms. The van der Waals surface area contributed by atoms with E-state index in [1.807, 2.05) is 20.8 Å². The Balaban J connectivity index is 2.58. The number of hydrogen-bond acceptors (Lipinski definition) is 4. The van der Waals surface area contributed by atoms with Gasteiger partial charge in [-0.1, -0.05) is 17.8 Å². The molecular weight excluding hydrogens is 234 g/mol. The second kappa shape index (κ2) is 6.39. The quantitative estimate of drug-likeness (QED) is 0.492. The van der Waals surface area contributed by atoms with Crippen LogP contribution in [0.4, 0.5) is 0 Å². The highest BCUT2D eigenvalue weighted by atomic mass is 32.2. The summed E-state index contributed by atoms with van der Waals surface area (Å²) in [7, 11) is 0. The smallest absolute Gasteiger partial charge is 0.230 e. The molecule has 0 fully saturated rings. The van der Waals surface area contributed by atoms with Crippen LogP contribution in [-0.2, 0) is 4.79 Å². The van der Waals surface area contributed by atoms with Gasteiger partial charge in [0, 0.05) is 17.9 Å². The van der Waals surface area contributed by atoms with E-state index in [4.69, 9.17) is 0 Å². The molecule has 92 valence electrons. The molecule has 0 aliphatic carbocycles. The molecular formula is C12H17N3OS. The molecule has 0 saturated heterocycles. The van der Waals surface area contributed by atoms with E-state index in [1.54, 1.807) is 6.08 Å². The van der Waals surface area contributed by atoms with Gasteiger partial charge in [0.25, 0.3) is 0 Å². The summed E-state index contributed by atoms with van der Waals surface area (Å²) in [5.41, 5.74) is 3.03. The number of thioether (sulfide) groups is 1. The van der Waals surface area contributed by atoms with Gasteiger partial charge in [-0.15, -0.1) is 6.58 Å². The van der Waals surface area contributed by atoms with Gasteiger partial charge in [-0.25, -0.2) is 9.97 Å². The number of aryl methyl sites for hydroxylation is 2. The van der Waals surface area contributed by atoms with Crippen LogP contribution in [-0.4, -0.2) is 28.2 Å². The van der Waals surface area contributed by atoms with Gasteiger partial charge in [0.1, 0.15) is 0 Å². The van der Waals surface area contributed by atoms with Crippen LogP contribution >= 0.6 is 11.8 Å². The molecule has 1 rings (SSSR count). The highest BCUT2D eigenvalue weighted by molar-refractivity contribution is 7.99. The molecule has 0 aliphatic heterocycles. The largest absolute Gasteiger partial charge is 0.352 e. The summed E-state index contributed by atoms with van der Waals surface area (Å²) in [4.78, 5) is 20.1. The lowest BCUT2D eigenvalue weighted by Gasteiger charge is -2.06. The predicted molar refractivity (Wildman–Crippen MR) is 70.2 cm³/mol. The van der Waals surface area contributed by atoms with Gasteiger partial charge in [-0.3, -0.25) is 4.79 Å². The van der Waals surface area contributed by atoms with Gasteiger partial charge >= 0.3 is 0 Å². The Morgan fingerprint density at radius 1 is 1.35 bits per heavy atom. The summed E-state index contributed by atoms with van der Waals surface area (Å²) in [5.74, 6) is 0.296. The lowest BCUT2D eigenvalue weighted by Crippen LogP contribution is -2.25. The van der Waals surface area contributed by atoms with E-state index in [9.17, 15) is 4.79 Å². The van der Waals surface area contributed by atoms with Gasteiger partial charge in [0.2, 0.25) is 5.91 Å². The first kappa shape index (κ1) is 13.7. The van der Waals surface area contributed by atoms with Crippen LogP contribution in [0.3, 0.4) is 0 Å². The van der Waals surface area contributed by atoms with Gasteiger partial charge in [-0.05, 0) is 26.3 Å². The van der Waals surface area contributed by atoms with Gasteiger partial charge in [0.15, 0.2) is 5.16 Å². The summed E-state index contributed by atoms with van der Waals surface area (Å²) in [5, 5.41) is 3.36. The Labute approximate surface area is 106 Å². The molecule has 0 atom stereocenters. The average Bonchev–Trinajstić information content (AvgIpc) is 2.30. The monoisotopic (exact) mass is 251 g/mol. The Hall–Kier alpha value is -1.36. The van der Waals surface area contributed by atoms with Crippen LogP contribution in [0.15, 0.2) is 17.8 Å². The van der Waals surface area contributed by atoms with Crippen LogP contribution in [0.25, 0.3) is 0 Å². The Bertz CT molecular complexity index is 409. The van der Waals surface area contributed by atoms with Crippen molar-refractivity contribution in [2.45, 2.75) is 25.9 Å². The molecule has 4 nitrogen and oxygen atoms in total. The number of hydrogen-bond donors (Lipinski definition) is 1. The van der Waals surface area contributed by atoms with E-state index < -0.39 is 0 Å². The first-order chi connectivity index (χ1) is 8.04. The molecule has 0 aromatic carbocycles. The molecule has 17 heavy (non-hydrogen) atoms. The van der Waals surface area contributed by atoms with Crippen LogP contribution in [0.5, 0.6) is 0 Å². The second-order valence-electron chi connectivity index (χ2n) is 3.68. The van der Waals surface area contributed by atoms with Crippen molar-refractivity contribution in [1.82, 2.24) is 15.3 Å². The molecule has 0 bridgehead atoms. The Kier molecular flexibility index (Phi) is 5.15. The Morgan fingerprint density at radius 3 is 2.47 bits per heavy atom. The number of nitrogens with zero attached hydrogens (tertiary/aromatic N) is 2. The van der Waals surface area contributed by atoms with E-state index in [0.29, 0.717) is 17.5 Å². The molecule has 1 N–H and O–H groups in total. The van der Waals surface area contributed by atoms with Crippen molar-refractivity contribution >= 4 is 17.7 Å². The fourth-order valence-corrected chi connectivity index (χ4v) is 1.94. The maximum absolute atomic E-state index is 11.4. The minimum absolute atomic E-state index is 0.0330. The van der Waals surface area contributed by atoms with Crippen molar-refractivity contribution in [3.8, 4) is 0 Å². The summed E-state index contributed by atoms with van der Waals surface area (Å²) >= 11 is 1.35. The molecule has 1 aromatic heterocycles. The predicted octanol–water partition coefficient (Wildman–Crippen LogP) is 1.80. The van der Waals surface area contributed by atoms with Gasteiger partial charge in [-0.2, -0.15) is 0 Å². The Morgan fingerprint density at radius 2 is 1.94 bits per heavy atom. The lowest BCUT2D eigenvalue weighted by atomic mass is 10.2. The SMILES string of the molecule is C=CCNC(=O)CSc1nc(C)c(C)c(C)n1. The maximum atomic E-state index is 11.4. The van der Waals surface area contributed by atoms with Crippen LogP contribution < -0.4 is 5.32 Å². The van der Waals surface area contributed by atoms with Crippen molar-refractivity contribution in [1.29, 1.82) is 0 Å². The standard InChI is InChI=1S/C12H17N3OS/c1-5-6-13-11(16)7-17-12-14-9(3)8(2)10(4)15-12/h5H,1,6-7H2,2-4H3,(H,13,16). The highest BCUT2D eigenvalue weighted by Crippen LogP contribution is 2.16. The summed E-state index contributed by atoms with van der Waals surface area (Å²) in [6.07, 6.45) is 1.65. The third-order valence-electron chi connectivity index (χ3n) is 2.39. The minimum Gasteiger partial charge on any atom is -0.352 e. The molecule has 0 saturated carbocycles. The van der Waals surface area contributed by atoms with E-state index in [2.05, 4.69) is 21.9 Å². The molecule has 1 amide bonds. The van der Waals surface area contributed by atoms with Gasteiger partial charge < -0.3 is 5.32 Å². The number of carbonyl (C=O) groups is 1. The van der Waals surface area contributed by atoms with Crippen molar-refractivity contribution in [2.75, 3.05) is 12.3 Å². The number of rotatable bonds is 5. The normalized spacial score (nSPS) is 10.1. The van der Waals surface area contributed by atoms with Crippen LogP contribution in [0.2, 0.25) is 0 Å². The first-order valence-electron chi connectivity index (χ1n) is 5.36. The molecule has 0 unspecified atom stereocenters. The van der Waals surface area contributed by atoms with E-state index in [1.165, 1.54) is 11.8 Å². The second-order valence-corrected chi connectivity index (χ2v) is 4.63.